The van der Waals surface area contributed by atoms with Crippen LogP contribution in [0.25, 0.3) is 0 Å². The van der Waals surface area contributed by atoms with Gasteiger partial charge in [0.15, 0.2) is 0 Å². The van der Waals surface area contributed by atoms with Crippen molar-refractivity contribution in [1.29, 1.82) is 0 Å². The predicted octanol–water partition coefficient (Wildman–Crippen LogP) is 2.27. The van der Waals surface area contributed by atoms with Crippen LogP contribution in [0.3, 0.4) is 0 Å². The van der Waals surface area contributed by atoms with Gasteiger partial charge in [-0.3, -0.25) is 9.69 Å². The Balaban J connectivity index is 1.99. The first-order valence-electron chi connectivity index (χ1n) is 7.33. The first-order valence-corrected chi connectivity index (χ1v) is 7.33. The number of rotatable bonds is 5. The molecule has 1 aromatic rings. The molecular formula is C16H19NO5. The van der Waals surface area contributed by atoms with Crippen molar-refractivity contribution in [3.8, 4) is 0 Å². The minimum Gasteiger partial charge on any atom is -0.445 e. The van der Waals surface area contributed by atoms with Crippen molar-refractivity contribution < 1.29 is 23.9 Å². The summed E-state index contributed by atoms with van der Waals surface area (Å²) in [6, 6.07) is 8.55. The molecule has 1 saturated heterocycles. The van der Waals surface area contributed by atoms with E-state index in [4.69, 9.17) is 4.74 Å². The van der Waals surface area contributed by atoms with Gasteiger partial charge in [-0.2, -0.15) is 0 Å². The second-order valence-corrected chi connectivity index (χ2v) is 5.08. The third kappa shape index (κ3) is 4.07. The van der Waals surface area contributed by atoms with E-state index in [2.05, 4.69) is 4.74 Å². The number of ether oxygens (including phenoxy) is 2. The SMILES string of the molecule is CCCN(C(=O)OCc1ccccc1)[C@H]1CCC(=O)OC1=O. The molecule has 0 unspecified atom stereocenters. The van der Waals surface area contributed by atoms with Crippen LogP contribution in [0.1, 0.15) is 31.7 Å². The smallest absolute Gasteiger partial charge is 0.410 e. The molecule has 1 amide bonds. The summed E-state index contributed by atoms with van der Waals surface area (Å²) in [5.41, 5.74) is 0.869. The lowest BCUT2D eigenvalue weighted by atomic mass is 10.1. The Kier molecular flexibility index (Phi) is 5.52. The van der Waals surface area contributed by atoms with Crippen LogP contribution < -0.4 is 0 Å². The Labute approximate surface area is 129 Å². The Morgan fingerprint density at radius 1 is 1.32 bits per heavy atom. The molecule has 6 nitrogen and oxygen atoms in total. The lowest BCUT2D eigenvalue weighted by molar-refractivity contribution is -0.168. The summed E-state index contributed by atoms with van der Waals surface area (Å²) in [5, 5.41) is 0. The average Bonchev–Trinajstić information content (AvgIpc) is 2.52. The van der Waals surface area contributed by atoms with E-state index in [-0.39, 0.29) is 19.4 Å². The Morgan fingerprint density at radius 2 is 2.05 bits per heavy atom. The van der Waals surface area contributed by atoms with Gasteiger partial charge in [0, 0.05) is 13.0 Å². The Morgan fingerprint density at radius 3 is 2.68 bits per heavy atom. The molecule has 2 rings (SSSR count). The summed E-state index contributed by atoms with van der Waals surface area (Å²) in [6.45, 7) is 2.42. The minimum absolute atomic E-state index is 0.128. The normalized spacial score (nSPS) is 17.8. The van der Waals surface area contributed by atoms with E-state index in [9.17, 15) is 14.4 Å². The fourth-order valence-corrected chi connectivity index (χ4v) is 2.30. The van der Waals surface area contributed by atoms with Crippen molar-refractivity contribution in [2.75, 3.05) is 6.54 Å². The van der Waals surface area contributed by atoms with Crippen molar-refractivity contribution in [2.24, 2.45) is 0 Å². The maximum Gasteiger partial charge on any atom is 0.410 e. The molecule has 1 fully saturated rings. The number of carbonyl (C=O) groups excluding carboxylic acids is 3. The van der Waals surface area contributed by atoms with Gasteiger partial charge in [0.05, 0.1) is 0 Å². The molecule has 0 aliphatic carbocycles. The molecule has 0 N–H and O–H groups in total. The molecule has 1 aliphatic heterocycles. The maximum atomic E-state index is 12.2. The zero-order valence-corrected chi connectivity index (χ0v) is 12.5. The molecule has 6 heteroatoms. The largest absolute Gasteiger partial charge is 0.445 e. The minimum atomic E-state index is -0.749. The summed E-state index contributed by atoms with van der Waals surface area (Å²) in [6.07, 6.45) is 0.515. The molecule has 0 radical (unpaired) electrons. The van der Waals surface area contributed by atoms with Crippen molar-refractivity contribution in [1.82, 2.24) is 4.90 Å². The standard InChI is InChI=1S/C16H19NO5/c1-2-10-17(13-8-9-14(18)22-15(13)19)16(20)21-11-12-6-4-3-5-7-12/h3-7,13H,2,8-11H2,1H3/t13-/m0/s1. The highest BCUT2D eigenvalue weighted by Crippen LogP contribution is 2.18. The van der Waals surface area contributed by atoms with Gasteiger partial charge < -0.3 is 9.47 Å². The number of esters is 2. The molecule has 22 heavy (non-hydrogen) atoms. The summed E-state index contributed by atoms with van der Waals surface area (Å²) < 4.78 is 9.88. The molecule has 0 spiro atoms. The number of amides is 1. The fourth-order valence-electron chi connectivity index (χ4n) is 2.30. The lowest BCUT2D eigenvalue weighted by Crippen LogP contribution is -2.49. The summed E-state index contributed by atoms with van der Waals surface area (Å²) in [5.74, 6) is -1.23. The first-order chi connectivity index (χ1) is 10.6. The van der Waals surface area contributed by atoms with Gasteiger partial charge >= 0.3 is 18.0 Å². The quantitative estimate of drug-likeness (QED) is 0.616. The van der Waals surface area contributed by atoms with E-state index in [1.54, 1.807) is 0 Å². The van der Waals surface area contributed by atoms with Crippen LogP contribution in [0, 0.1) is 0 Å². The highest BCUT2D eigenvalue weighted by atomic mass is 16.6. The lowest BCUT2D eigenvalue weighted by Gasteiger charge is -2.30. The van der Waals surface area contributed by atoms with Crippen molar-refractivity contribution in [2.45, 2.75) is 38.8 Å². The molecule has 0 bridgehead atoms. The van der Waals surface area contributed by atoms with Gasteiger partial charge in [0.2, 0.25) is 0 Å². The Hall–Kier alpha value is -2.37. The third-order valence-electron chi connectivity index (χ3n) is 3.39. The molecule has 0 saturated carbocycles. The zero-order chi connectivity index (χ0) is 15.9. The predicted molar refractivity (Wildman–Crippen MR) is 77.7 cm³/mol. The maximum absolute atomic E-state index is 12.2. The van der Waals surface area contributed by atoms with E-state index in [1.807, 2.05) is 37.3 Å². The van der Waals surface area contributed by atoms with Crippen LogP contribution >= 0.6 is 0 Å². The molecular weight excluding hydrogens is 286 g/mol. The van der Waals surface area contributed by atoms with E-state index in [0.29, 0.717) is 13.0 Å². The third-order valence-corrected chi connectivity index (χ3v) is 3.39. The molecule has 1 aliphatic rings. The second kappa shape index (κ2) is 7.59. The number of hydrogen-bond donors (Lipinski definition) is 0. The van der Waals surface area contributed by atoms with E-state index < -0.39 is 24.1 Å². The van der Waals surface area contributed by atoms with Gasteiger partial charge in [0.1, 0.15) is 12.6 Å². The molecule has 0 aromatic heterocycles. The molecule has 1 aromatic carbocycles. The van der Waals surface area contributed by atoms with Gasteiger partial charge in [-0.05, 0) is 18.4 Å². The summed E-state index contributed by atoms with van der Waals surface area (Å²) in [4.78, 5) is 36.5. The Bertz CT molecular complexity index is 543. The van der Waals surface area contributed by atoms with E-state index >= 15 is 0 Å². The number of hydrogen-bond acceptors (Lipinski definition) is 5. The van der Waals surface area contributed by atoms with Crippen LogP contribution in [0.5, 0.6) is 0 Å². The highest BCUT2D eigenvalue weighted by molar-refractivity contribution is 5.93. The van der Waals surface area contributed by atoms with Crippen molar-refractivity contribution >= 4 is 18.0 Å². The monoisotopic (exact) mass is 305 g/mol. The highest BCUT2D eigenvalue weighted by Gasteiger charge is 2.36. The van der Waals surface area contributed by atoms with Gasteiger partial charge in [-0.25, -0.2) is 9.59 Å². The number of carbonyl (C=O) groups is 3. The van der Waals surface area contributed by atoms with Crippen LogP contribution in [-0.4, -0.2) is 35.5 Å². The van der Waals surface area contributed by atoms with Crippen LogP contribution in [0.2, 0.25) is 0 Å². The number of nitrogens with zero attached hydrogens (tertiary/aromatic N) is 1. The first kappa shape index (κ1) is 16.0. The number of benzene rings is 1. The summed E-state index contributed by atoms with van der Waals surface area (Å²) >= 11 is 0. The van der Waals surface area contributed by atoms with Gasteiger partial charge in [0.25, 0.3) is 0 Å². The second-order valence-electron chi connectivity index (χ2n) is 5.08. The van der Waals surface area contributed by atoms with E-state index in [1.165, 1.54) is 4.90 Å². The van der Waals surface area contributed by atoms with Gasteiger partial charge in [-0.1, -0.05) is 37.3 Å². The fraction of sp³-hybridized carbons (Fsp3) is 0.438. The summed E-state index contributed by atoms with van der Waals surface area (Å²) in [7, 11) is 0. The van der Waals surface area contributed by atoms with E-state index in [0.717, 1.165) is 5.56 Å². The van der Waals surface area contributed by atoms with Crippen LogP contribution in [-0.2, 0) is 25.7 Å². The van der Waals surface area contributed by atoms with Crippen molar-refractivity contribution in [3.63, 3.8) is 0 Å². The molecule has 1 heterocycles. The number of cyclic esters (lactones) is 2. The molecule has 1 atom stereocenters. The van der Waals surface area contributed by atoms with Crippen molar-refractivity contribution in [3.05, 3.63) is 35.9 Å². The topological polar surface area (TPSA) is 72.9 Å². The van der Waals surface area contributed by atoms with Crippen LogP contribution in [0.4, 0.5) is 4.79 Å². The molecule has 118 valence electrons. The van der Waals surface area contributed by atoms with Crippen LogP contribution in [0.15, 0.2) is 30.3 Å². The average molecular weight is 305 g/mol. The van der Waals surface area contributed by atoms with Gasteiger partial charge in [-0.15, -0.1) is 0 Å². The zero-order valence-electron chi connectivity index (χ0n) is 12.5.